The quantitative estimate of drug-likeness (QED) is 0.724. The second kappa shape index (κ2) is 8.99. The summed E-state index contributed by atoms with van der Waals surface area (Å²) < 4.78 is 0. The molecule has 4 rings (SSSR count). The Morgan fingerprint density at radius 1 is 0.923 bits per heavy atom. The van der Waals surface area contributed by atoms with Gasteiger partial charge in [0.15, 0.2) is 0 Å². The van der Waals surface area contributed by atoms with Crippen LogP contribution in [0.15, 0.2) is 60.7 Å². The van der Waals surface area contributed by atoms with Crippen molar-refractivity contribution in [2.75, 3.05) is 26.2 Å². The lowest BCUT2D eigenvalue weighted by Crippen LogP contribution is -2.46. The standard InChI is InChI=1S/C20H19N3O.2ClH/c24-20(23-12-10-21-11-13-23)17-14-19(15-6-2-1-3-7-15)22-18-9-5-4-8-16(17)18;;/h1-9,14,21H,10-13H2;2*1H. The average molecular weight is 390 g/mol. The predicted molar refractivity (Wildman–Crippen MR) is 110 cm³/mol. The molecule has 2 aromatic carbocycles. The second-order valence-corrected chi connectivity index (χ2v) is 5.98. The summed E-state index contributed by atoms with van der Waals surface area (Å²) in [6.45, 7) is 3.19. The predicted octanol–water partition coefficient (Wildman–Crippen LogP) is 3.79. The molecule has 1 aromatic heterocycles. The van der Waals surface area contributed by atoms with E-state index in [1.54, 1.807) is 0 Å². The minimum absolute atomic E-state index is 0. The molecule has 0 bridgehead atoms. The third kappa shape index (κ3) is 3.98. The van der Waals surface area contributed by atoms with Crippen molar-refractivity contribution >= 4 is 41.6 Å². The van der Waals surface area contributed by atoms with Gasteiger partial charge in [-0.2, -0.15) is 0 Å². The number of halogens is 2. The highest BCUT2D eigenvalue weighted by atomic mass is 35.5. The first-order valence-electron chi connectivity index (χ1n) is 8.28. The molecule has 1 aliphatic rings. The third-order valence-electron chi connectivity index (χ3n) is 4.42. The number of hydrogen-bond acceptors (Lipinski definition) is 3. The molecule has 0 saturated carbocycles. The van der Waals surface area contributed by atoms with Crippen molar-refractivity contribution < 1.29 is 4.79 Å². The number of amides is 1. The third-order valence-corrected chi connectivity index (χ3v) is 4.42. The van der Waals surface area contributed by atoms with Gasteiger partial charge >= 0.3 is 0 Å². The lowest BCUT2D eigenvalue weighted by Gasteiger charge is -2.28. The van der Waals surface area contributed by atoms with Gasteiger partial charge in [0.2, 0.25) is 0 Å². The fraction of sp³-hybridized carbons (Fsp3) is 0.200. The van der Waals surface area contributed by atoms with Gasteiger partial charge in [0.25, 0.3) is 5.91 Å². The summed E-state index contributed by atoms with van der Waals surface area (Å²) in [6.07, 6.45) is 0. The van der Waals surface area contributed by atoms with Gasteiger partial charge in [-0.25, -0.2) is 4.98 Å². The lowest BCUT2D eigenvalue weighted by molar-refractivity contribution is 0.0738. The van der Waals surface area contributed by atoms with Gasteiger partial charge in [0, 0.05) is 37.1 Å². The molecule has 0 atom stereocenters. The minimum atomic E-state index is 0. The smallest absolute Gasteiger partial charge is 0.254 e. The van der Waals surface area contributed by atoms with E-state index in [4.69, 9.17) is 4.98 Å². The van der Waals surface area contributed by atoms with Gasteiger partial charge in [0.1, 0.15) is 0 Å². The van der Waals surface area contributed by atoms with Crippen LogP contribution in [0.3, 0.4) is 0 Å². The van der Waals surface area contributed by atoms with Crippen LogP contribution in [0.2, 0.25) is 0 Å². The number of nitrogens with one attached hydrogen (secondary N) is 1. The highest BCUT2D eigenvalue weighted by Crippen LogP contribution is 2.25. The Labute approximate surface area is 165 Å². The summed E-state index contributed by atoms with van der Waals surface area (Å²) in [5, 5.41) is 4.21. The number of aromatic nitrogens is 1. The second-order valence-electron chi connectivity index (χ2n) is 5.98. The number of piperazine rings is 1. The number of rotatable bonds is 2. The first kappa shape index (κ1) is 20.2. The molecule has 4 nitrogen and oxygen atoms in total. The van der Waals surface area contributed by atoms with Gasteiger partial charge in [-0.05, 0) is 12.1 Å². The molecule has 0 radical (unpaired) electrons. The zero-order valence-electron chi connectivity index (χ0n) is 14.2. The van der Waals surface area contributed by atoms with E-state index in [1.165, 1.54) is 0 Å². The number of pyridine rings is 1. The van der Waals surface area contributed by atoms with Gasteiger partial charge in [-0.15, -0.1) is 24.8 Å². The lowest BCUT2D eigenvalue weighted by atomic mass is 10.0. The van der Waals surface area contributed by atoms with E-state index in [9.17, 15) is 4.79 Å². The van der Waals surface area contributed by atoms with Crippen LogP contribution in [0.1, 0.15) is 10.4 Å². The maximum absolute atomic E-state index is 13.1. The van der Waals surface area contributed by atoms with Crippen LogP contribution < -0.4 is 5.32 Å². The molecule has 6 heteroatoms. The monoisotopic (exact) mass is 389 g/mol. The van der Waals surface area contributed by atoms with Gasteiger partial charge < -0.3 is 10.2 Å². The normalized spacial score (nSPS) is 13.6. The van der Waals surface area contributed by atoms with Crippen molar-refractivity contribution in [3.63, 3.8) is 0 Å². The number of benzene rings is 2. The summed E-state index contributed by atoms with van der Waals surface area (Å²) in [6, 6.07) is 19.8. The summed E-state index contributed by atoms with van der Waals surface area (Å²) in [4.78, 5) is 19.7. The van der Waals surface area contributed by atoms with Crippen LogP contribution >= 0.6 is 24.8 Å². The Morgan fingerprint density at radius 2 is 1.58 bits per heavy atom. The first-order valence-corrected chi connectivity index (χ1v) is 8.28. The van der Waals surface area contributed by atoms with Gasteiger partial charge in [0.05, 0.1) is 16.8 Å². The summed E-state index contributed by atoms with van der Waals surface area (Å²) >= 11 is 0. The molecule has 0 unspecified atom stereocenters. The van der Waals surface area contributed by atoms with Crippen LogP contribution in [0.5, 0.6) is 0 Å². The zero-order valence-corrected chi connectivity index (χ0v) is 15.9. The van der Waals surface area contributed by atoms with Crippen molar-refractivity contribution in [2.24, 2.45) is 0 Å². The molecule has 3 aromatic rings. The number of fused-ring (bicyclic) bond motifs is 1. The van der Waals surface area contributed by atoms with Crippen LogP contribution in [-0.4, -0.2) is 42.0 Å². The fourth-order valence-corrected chi connectivity index (χ4v) is 3.15. The summed E-state index contributed by atoms with van der Waals surface area (Å²) in [5.74, 6) is 0.0901. The number of nitrogens with zero attached hydrogens (tertiary/aromatic N) is 2. The molecule has 1 amide bonds. The van der Waals surface area contributed by atoms with Crippen molar-refractivity contribution in [3.8, 4) is 11.3 Å². The Kier molecular flexibility index (Phi) is 6.98. The number of hydrogen-bond donors (Lipinski definition) is 1. The molecule has 26 heavy (non-hydrogen) atoms. The minimum Gasteiger partial charge on any atom is -0.336 e. The molecular formula is C20H21Cl2N3O. The Hall–Kier alpha value is -2.14. The largest absolute Gasteiger partial charge is 0.336 e. The number of para-hydroxylation sites is 1. The maximum atomic E-state index is 13.1. The summed E-state index contributed by atoms with van der Waals surface area (Å²) in [5.41, 5.74) is 3.46. The van der Waals surface area contributed by atoms with Crippen LogP contribution in [0.25, 0.3) is 22.2 Å². The highest BCUT2D eigenvalue weighted by molar-refractivity contribution is 6.07. The van der Waals surface area contributed by atoms with E-state index in [0.717, 1.165) is 53.9 Å². The van der Waals surface area contributed by atoms with Gasteiger partial charge in [-0.1, -0.05) is 48.5 Å². The Balaban J connectivity index is 0.00000121. The highest BCUT2D eigenvalue weighted by Gasteiger charge is 2.21. The number of carbonyl (C=O) groups excluding carboxylic acids is 1. The molecule has 0 spiro atoms. The topological polar surface area (TPSA) is 45.2 Å². The fourth-order valence-electron chi connectivity index (χ4n) is 3.15. The van der Waals surface area contributed by atoms with E-state index in [2.05, 4.69) is 5.32 Å². The zero-order chi connectivity index (χ0) is 16.4. The van der Waals surface area contributed by atoms with E-state index < -0.39 is 0 Å². The molecule has 1 fully saturated rings. The molecule has 2 heterocycles. The molecule has 1 N–H and O–H groups in total. The molecule has 136 valence electrons. The molecular weight excluding hydrogens is 369 g/mol. The van der Waals surface area contributed by atoms with Crippen LogP contribution in [0.4, 0.5) is 0 Å². The van der Waals surface area contributed by atoms with E-state index in [0.29, 0.717) is 0 Å². The molecule has 1 aliphatic heterocycles. The van der Waals surface area contributed by atoms with E-state index >= 15 is 0 Å². The van der Waals surface area contributed by atoms with E-state index in [1.807, 2.05) is 65.6 Å². The van der Waals surface area contributed by atoms with Crippen molar-refractivity contribution in [1.29, 1.82) is 0 Å². The number of carbonyl (C=O) groups is 1. The Morgan fingerprint density at radius 3 is 2.31 bits per heavy atom. The Bertz CT molecular complexity index is 881. The van der Waals surface area contributed by atoms with Crippen molar-refractivity contribution in [1.82, 2.24) is 15.2 Å². The van der Waals surface area contributed by atoms with E-state index in [-0.39, 0.29) is 30.7 Å². The van der Waals surface area contributed by atoms with Crippen molar-refractivity contribution in [2.45, 2.75) is 0 Å². The maximum Gasteiger partial charge on any atom is 0.254 e. The summed E-state index contributed by atoms with van der Waals surface area (Å²) in [7, 11) is 0. The molecule has 1 saturated heterocycles. The van der Waals surface area contributed by atoms with Crippen LogP contribution in [0, 0.1) is 0 Å². The van der Waals surface area contributed by atoms with Crippen LogP contribution in [-0.2, 0) is 0 Å². The SMILES string of the molecule is Cl.Cl.O=C(c1cc(-c2ccccc2)nc2ccccc12)N1CCNCC1. The van der Waals surface area contributed by atoms with Crippen molar-refractivity contribution in [3.05, 3.63) is 66.2 Å². The van der Waals surface area contributed by atoms with Gasteiger partial charge in [-0.3, -0.25) is 4.79 Å². The molecule has 0 aliphatic carbocycles. The first-order chi connectivity index (χ1) is 11.8. The average Bonchev–Trinajstić information content (AvgIpc) is 2.68.